The van der Waals surface area contributed by atoms with E-state index < -0.39 is 12.0 Å². The van der Waals surface area contributed by atoms with E-state index in [2.05, 4.69) is 15.2 Å². The number of carboxylic acids is 1. The van der Waals surface area contributed by atoms with Crippen LogP contribution in [0.3, 0.4) is 0 Å². The van der Waals surface area contributed by atoms with Gasteiger partial charge in [-0.05, 0) is 63.1 Å². The van der Waals surface area contributed by atoms with Crippen LogP contribution in [0.2, 0.25) is 10.2 Å². The number of pyridine rings is 2. The Hall–Kier alpha value is -2.84. The summed E-state index contributed by atoms with van der Waals surface area (Å²) in [6, 6.07) is 4.45. The molecule has 8 nitrogen and oxygen atoms in total. The summed E-state index contributed by atoms with van der Waals surface area (Å²) in [5, 5.41) is 13.2. The third-order valence-electron chi connectivity index (χ3n) is 6.48. The van der Waals surface area contributed by atoms with Crippen molar-refractivity contribution in [1.29, 1.82) is 0 Å². The first kappa shape index (κ1) is 22.9. The number of carbonyl (C=O) groups is 1. The number of carboxylic acid groups (broad SMARTS) is 1. The summed E-state index contributed by atoms with van der Waals surface area (Å²) in [6.07, 6.45) is 6.95. The maximum Gasteiger partial charge on any atom is 0.356 e. The number of nitrogens with zero attached hydrogens (tertiary/aromatic N) is 4. The molecule has 5 rings (SSSR count). The van der Waals surface area contributed by atoms with Crippen molar-refractivity contribution in [3.63, 3.8) is 0 Å². The van der Waals surface area contributed by atoms with Gasteiger partial charge in [0.15, 0.2) is 5.69 Å². The van der Waals surface area contributed by atoms with E-state index >= 15 is 0 Å². The number of halogens is 2. The Morgan fingerprint density at radius 1 is 1.18 bits per heavy atom. The van der Waals surface area contributed by atoms with E-state index in [0.29, 0.717) is 21.9 Å². The van der Waals surface area contributed by atoms with Gasteiger partial charge in [-0.1, -0.05) is 23.2 Å². The van der Waals surface area contributed by atoms with Gasteiger partial charge >= 0.3 is 5.97 Å². The molecule has 1 saturated heterocycles. The second-order valence-corrected chi connectivity index (χ2v) is 9.81. The van der Waals surface area contributed by atoms with E-state index in [0.717, 1.165) is 50.2 Å². The summed E-state index contributed by atoms with van der Waals surface area (Å²) >= 11 is 12.3. The topological polar surface area (TPSA) is 99.8 Å². The number of anilines is 2. The Balaban J connectivity index is 1.63. The predicted octanol–water partition coefficient (Wildman–Crippen LogP) is 5.14. The summed E-state index contributed by atoms with van der Waals surface area (Å²) in [4.78, 5) is 36.5. The maximum atomic E-state index is 13.7. The molecule has 0 bridgehead atoms. The van der Waals surface area contributed by atoms with Gasteiger partial charge in [-0.3, -0.25) is 9.20 Å². The van der Waals surface area contributed by atoms with Crippen LogP contribution in [-0.4, -0.2) is 38.5 Å². The zero-order chi connectivity index (χ0) is 24.0. The molecule has 1 saturated carbocycles. The zero-order valence-electron chi connectivity index (χ0n) is 18.7. The highest BCUT2D eigenvalue weighted by atomic mass is 35.5. The monoisotopic (exact) mass is 501 g/mol. The van der Waals surface area contributed by atoms with Crippen molar-refractivity contribution in [1.82, 2.24) is 14.4 Å². The van der Waals surface area contributed by atoms with Crippen LogP contribution in [0.5, 0.6) is 0 Å². The van der Waals surface area contributed by atoms with Gasteiger partial charge in [0.25, 0.3) is 5.56 Å². The van der Waals surface area contributed by atoms with Crippen molar-refractivity contribution in [2.75, 3.05) is 23.3 Å². The first-order chi connectivity index (χ1) is 16.3. The fraction of sp³-hybridized carbons (Fsp3) is 0.417. The summed E-state index contributed by atoms with van der Waals surface area (Å²) in [5.41, 5.74) is 2.04. The van der Waals surface area contributed by atoms with Gasteiger partial charge < -0.3 is 15.3 Å². The van der Waals surface area contributed by atoms with E-state index in [1.54, 1.807) is 18.3 Å². The predicted molar refractivity (Wildman–Crippen MR) is 133 cm³/mol. The maximum absolute atomic E-state index is 13.7. The van der Waals surface area contributed by atoms with Gasteiger partial charge in [-0.15, -0.1) is 0 Å². The highest BCUT2D eigenvalue weighted by Gasteiger charge is 2.33. The first-order valence-electron chi connectivity index (χ1n) is 11.5. The molecule has 0 unspecified atom stereocenters. The van der Waals surface area contributed by atoms with Crippen molar-refractivity contribution in [2.45, 2.75) is 51.0 Å². The van der Waals surface area contributed by atoms with E-state index in [-0.39, 0.29) is 22.3 Å². The quantitative estimate of drug-likeness (QED) is 0.451. The minimum Gasteiger partial charge on any atom is -0.476 e. The number of rotatable bonds is 6. The van der Waals surface area contributed by atoms with Gasteiger partial charge in [-0.25, -0.2) is 14.8 Å². The summed E-state index contributed by atoms with van der Waals surface area (Å²) in [7, 11) is 0. The van der Waals surface area contributed by atoms with Crippen LogP contribution in [0.4, 0.5) is 11.5 Å². The van der Waals surface area contributed by atoms with Crippen LogP contribution in [0.1, 0.15) is 72.6 Å². The minimum absolute atomic E-state index is 0.0802. The molecule has 0 spiro atoms. The molecule has 2 fully saturated rings. The van der Waals surface area contributed by atoms with Gasteiger partial charge in [0.2, 0.25) is 0 Å². The Kier molecular flexibility index (Phi) is 6.12. The molecule has 2 aliphatic rings. The highest BCUT2D eigenvalue weighted by molar-refractivity contribution is 6.30. The molecular weight excluding hydrogens is 477 g/mol. The molecule has 10 heteroatoms. The number of piperidine rings is 1. The average Bonchev–Trinajstić information content (AvgIpc) is 3.65. The number of hydrogen-bond donors (Lipinski definition) is 2. The molecule has 1 aliphatic carbocycles. The molecule has 1 aliphatic heterocycles. The largest absolute Gasteiger partial charge is 0.476 e. The number of aromatic nitrogens is 3. The lowest BCUT2D eigenvalue weighted by molar-refractivity contribution is 0.0691. The second kappa shape index (κ2) is 9.07. The summed E-state index contributed by atoms with van der Waals surface area (Å²) in [5.74, 6) is -0.170. The van der Waals surface area contributed by atoms with Gasteiger partial charge in [-0.2, -0.15) is 0 Å². The van der Waals surface area contributed by atoms with Crippen LogP contribution >= 0.6 is 23.2 Å². The molecular formula is C24H25Cl2N5O3. The van der Waals surface area contributed by atoms with Gasteiger partial charge in [0.1, 0.15) is 16.6 Å². The molecule has 1 atom stereocenters. The standard InChI is InChI=1S/C24H25Cl2N5O3/c1-13(27-17-7-8-18(26)28-20(17)24(33)34)16-11-15(25)12-31-21(16)29-22(30-9-3-2-4-10-30)19(23(31)32)14-5-6-14/h7-8,11-14,27H,2-6,9-10H2,1H3,(H,33,34)/t13-/m1/s1. The van der Waals surface area contributed by atoms with E-state index in [9.17, 15) is 14.7 Å². The lowest BCUT2D eigenvalue weighted by Gasteiger charge is -2.30. The van der Waals surface area contributed by atoms with Crippen LogP contribution in [0.15, 0.2) is 29.2 Å². The van der Waals surface area contributed by atoms with Crippen molar-refractivity contribution in [2.24, 2.45) is 0 Å². The number of nitrogens with one attached hydrogen (secondary N) is 1. The lowest BCUT2D eigenvalue weighted by Crippen LogP contribution is -2.34. The molecule has 3 aromatic heterocycles. The highest BCUT2D eigenvalue weighted by Crippen LogP contribution is 2.43. The average molecular weight is 502 g/mol. The summed E-state index contributed by atoms with van der Waals surface area (Å²) < 4.78 is 1.54. The molecule has 178 valence electrons. The van der Waals surface area contributed by atoms with E-state index in [4.69, 9.17) is 28.2 Å². The molecule has 34 heavy (non-hydrogen) atoms. The molecule has 0 aromatic carbocycles. The lowest BCUT2D eigenvalue weighted by atomic mass is 10.1. The van der Waals surface area contributed by atoms with Crippen molar-refractivity contribution >= 4 is 46.3 Å². The third kappa shape index (κ3) is 4.32. The first-order valence-corrected chi connectivity index (χ1v) is 12.3. The fourth-order valence-electron chi connectivity index (χ4n) is 4.65. The number of aromatic carboxylic acids is 1. The van der Waals surface area contributed by atoms with Crippen molar-refractivity contribution in [3.8, 4) is 0 Å². The molecule has 3 aromatic rings. The second-order valence-electron chi connectivity index (χ2n) is 8.98. The normalized spacial score (nSPS) is 17.1. The SMILES string of the molecule is C[C@@H](Nc1ccc(Cl)nc1C(=O)O)c1cc(Cl)cn2c(=O)c(C3CC3)c(N3CCCCC3)nc12. The molecule has 2 N–H and O–H groups in total. The Morgan fingerprint density at radius 2 is 1.91 bits per heavy atom. The van der Waals surface area contributed by atoms with E-state index in [1.165, 1.54) is 16.9 Å². The smallest absolute Gasteiger partial charge is 0.356 e. The van der Waals surface area contributed by atoms with Crippen LogP contribution in [-0.2, 0) is 0 Å². The fourth-order valence-corrected chi connectivity index (χ4v) is 5.02. The van der Waals surface area contributed by atoms with Crippen molar-refractivity contribution < 1.29 is 9.90 Å². The van der Waals surface area contributed by atoms with Crippen LogP contribution < -0.4 is 15.8 Å². The summed E-state index contributed by atoms with van der Waals surface area (Å²) in [6.45, 7) is 3.64. The van der Waals surface area contributed by atoms with Crippen LogP contribution in [0.25, 0.3) is 5.65 Å². The third-order valence-corrected chi connectivity index (χ3v) is 6.89. The number of hydrogen-bond acceptors (Lipinski definition) is 6. The molecule has 0 amide bonds. The Labute approximate surface area is 206 Å². The van der Waals surface area contributed by atoms with Crippen LogP contribution in [0, 0.1) is 0 Å². The van der Waals surface area contributed by atoms with Gasteiger partial charge in [0.05, 0.1) is 22.3 Å². The van der Waals surface area contributed by atoms with Crippen molar-refractivity contribution in [3.05, 3.63) is 61.7 Å². The zero-order valence-corrected chi connectivity index (χ0v) is 20.2. The molecule has 4 heterocycles. The number of fused-ring (bicyclic) bond motifs is 1. The Morgan fingerprint density at radius 3 is 2.59 bits per heavy atom. The Bertz CT molecular complexity index is 1330. The van der Waals surface area contributed by atoms with Gasteiger partial charge in [0, 0.05) is 24.8 Å². The van der Waals surface area contributed by atoms with E-state index in [1.807, 2.05) is 6.92 Å². The minimum atomic E-state index is -1.19. The molecule has 0 radical (unpaired) electrons.